The van der Waals surface area contributed by atoms with E-state index < -0.39 is 0 Å². The molecule has 2 aliphatic rings. The average molecular weight is 381 g/mol. The largest absolute Gasteiger partial charge is 0.336 e. The lowest BCUT2D eigenvalue weighted by Crippen LogP contribution is -2.38. The van der Waals surface area contributed by atoms with Gasteiger partial charge >= 0.3 is 0 Å². The van der Waals surface area contributed by atoms with Crippen molar-refractivity contribution in [3.63, 3.8) is 0 Å². The van der Waals surface area contributed by atoms with Gasteiger partial charge in [0.2, 0.25) is 17.7 Å². The highest BCUT2D eigenvalue weighted by molar-refractivity contribution is 6.05. The molecule has 0 spiro atoms. The van der Waals surface area contributed by atoms with Crippen molar-refractivity contribution in [2.75, 3.05) is 13.1 Å². The van der Waals surface area contributed by atoms with E-state index in [9.17, 15) is 14.4 Å². The second-order valence-corrected chi connectivity index (χ2v) is 7.67. The molecule has 148 valence electrons. The second kappa shape index (κ2) is 8.55. The summed E-state index contributed by atoms with van der Waals surface area (Å²) in [6.45, 7) is 4.56. The smallest absolute Gasteiger partial charge is 0.233 e. The molecule has 6 heteroatoms. The molecule has 28 heavy (non-hydrogen) atoms. The first-order chi connectivity index (χ1) is 13.5. The molecule has 0 bridgehead atoms. The van der Waals surface area contributed by atoms with E-state index >= 15 is 0 Å². The Bertz CT molecular complexity index is 772. The molecule has 1 aliphatic carbocycles. The van der Waals surface area contributed by atoms with Gasteiger partial charge in [-0.1, -0.05) is 25.0 Å². The minimum Gasteiger partial charge on any atom is -0.336 e. The zero-order valence-corrected chi connectivity index (χ0v) is 16.6. The van der Waals surface area contributed by atoms with Crippen LogP contribution in [0.3, 0.4) is 0 Å². The van der Waals surface area contributed by atoms with Crippen LogP contribution >= 0.6 is 0 Å². The fraction of sp³-hybridized carbons (Fsp3) is 0.545. The quantitative estimate of drug-likeness (QED) is 0.709. The predicted molar refractivity (Wildman–Crippen MR) is 104 cm³/mol. The Kier molecular flexibility index (Phi) is 6.13. The summed E-state index contributed by atoms with van der Waals surface area (Å²) in [6, 6.07) is 9.15. The molecule has 1 saturated carbocycles. The Morgan fingerprint density at radius 2 is 1.75 bits per heavy atom. The van der Waals surface area contributed by atoms with Crippen LogP contribution in [0, 0.1) is 23.2 Å². The van der Waals surface area contributed by atoms with Crippen molar-refractivity contribution in [3.8, 4) is 6.07 Å². The molecule has 3 unspecified atom stereocenters. The number of benzene rings is 1. The highest BCUT2D eigenvalue weighted by Gasteiger charge is 2.47. The van der Waals surface area contributed by atoms with E-state index in [0.717, 1.165) is 31.2 Å². The highest BCUT2D eigenvalue weighted by atomic mass is 16.2. The summed E-state index contributed by atoms with van der Waals surface area (Å²) in [5, 5.41) is 8.93. The monoisotopic (exact) mass is 381 g/mol. The molecule has 1 aromatic carbocycles. The SMILES string of the molecule is CCN(C(=O)CCN1C(=O)C2CCCCC2C1=O)C(C)c1ccc(C#N)cc1. The van der Waals surface area contributed by atoms with Gasteiger partial charge in [-0.25, -0.2) is 0 Å². The molecule has 3 rings (SSSR count). The minimum absolute atomic E-state index is 0.0742. The van der Waals surface area contributed by atoms with Gasteiger partial charge in [-0.15, -0.1) is 0 Å². The van der Waals surface area contributed by atoms with Gasteiger partial charge in [0.05, 0.1) is 29.5 Å². The third-order valence-electron chi connectivity index (χ3n) is 6.13. The number of amides is 3. The van der Waals surface area contributed by atoms with Crippen LogP contribution in [0.4, 0.5) is 0 Å². The van der Waals surface area contributed by atoms with E-state index in [-0.39, 0.29) is 48.6 Å². The average Bonchev–Trinajstić information content (AvgIpc) is 2.97. The molecule has 2 fully saturated rings. The van der Waals surface area contributed by atoms with Crippen LogP contribution in [0.1, 0.15) is 63.1 Å². The minimum atomic E-state index is -0.170. The van der Waals surface area contributed by atoms with Crippen molar-refractivity contribution in [2.45, 2.75) is 52.0 Å². The molecule has 3 amide bonds. The van der Waals surface area contributed by atoms with Crippen molar-refractivity contribution in [1.82, 2.24) is 9.80 Å². The van der Waals surface area contributed by atoms with Gasteiger partial charge in [-0.05, 0) is 44.4 Å². The lowest BCUT2D eigenvalue weighted by atomic mass is 9.81. The second-order valence-electron chi connectivity index (χ2n) is 7.67. The standard InChI is InChI=1S/C22H27N3O3/c1-3-24(15(2)17-10-8-16(14-23)9-11-17)20(26)12-13-25-21(27)18-6-4-5-7-19(18)22(25)28/h8-11,15,18-19H,3-7,12-13H2,1-2H3. The maximum atomic E-state index is 12.8. The topological polar surface area (TPSA) is 81.5 Å². The van der Waals surface area contributed by atoms with Gasteiger partial charge < -0.3 is 4.90 Å². The van der Waals surface area contributed by atoms with Crippen molar-refractivity contribution in [2.24, 2.45) is 11.8 Å². The van der Waals surface area contributed by atoms with E-state index in [1.807, 2.05) is 26.0 Å². The fourth-order valence-electron chi connectivity index (χ4n) is 4.48. The normalized spacial score (nSPS) is 22.5. The maximum Gasteiger partial charge on any atom is 0.233 e. The maximum absolute atomic E-state index is 12.8. The van der Waals surface area contributed by atoms with Gasteiger partial charge in [-0.3, -0.25) is 19.3 Å². The Balaban J connectivity index is 1.63. The molecular weight excluding hydrogens is 354 g/mol. The summed E-state index contributed by atoms with van der Waals surface area (Å²) in [5.74, 6) is -0.599. The van der Waals surface area contributed by atoms with Crippen LogP contribution in [0.25, 0.3) is 0 Å². The first kappa shape index (κ1) is 20.1. The van der Waals surface area contributed by atoms with Gasteiger partial charge in [0, 0.05) is 19.5 Å². The molecule has 0 N–H and O–H groups in total. The van der Waals surface area contributed by atoms with Gasteiger partial charge in [0.1, 0.15) is 0 Å². The van der Waals surface area contributed by atoms with E-state index in [1.54, 1.807) is 17.0 Å². The predicted octanol–water partition coefficient (Wildman–Crippen LogP) is 3.03. The summed E-state index contributed by atoms with van der Waals surface area (Å²) in [6.07, 6.45) is 3.72. The van der Waals surface area contributed by atoms with Crippen molar-refractivity contribution in [3.05, 3.63) is 35.4 Å². The van der Waals surface area contributed by atoms with Gasteiger partial charge in [0.15, 0.2) is 0 Å². The summed E-state index contributed by atoms with van der Waals surface area (Å²) < 4.78 is 0. The number of fused-ring (bicyclic) bond motifs is 1. The summed E-state index contributed by atoms with van der Waals surface area (Å²) >= 11 is 0. The van der Waals surface area contributed by atoms with Crippen molar-refractivity contribution >= 4 is 17.7 Å². The molecule has 1 aliphatic heterocycles. The van der Waals surface area contributed by atoms with Crippen molar-refractivity contribution < 1.29 is 14.4 Å². The van der Waals surface area contributed by atoms with Crippen LogP contribution in [-0.2, 0) is 14.4 Å². The molecule has 0 aromatic heterocycles. The van der Waals surface area contributed by atoms with E-state index in [1.165, 1.54) is 4.90 Å². The highest BCUT2D eigenvalue weighted by Crippen LogP contribution is 2.38. The number of carbonyl (C=O) groups is 3. The van der Waals surface area contributed by atoms with E-state index in [2.05, 4.69) is 6.07 Å². The van der Waals surface area contributed by atoms with Crippen LogP contribution in [0.15, 0.2) is 24.3 Å². The molecule has 1 saturated heterocycles. The lowest BCUT2D eigenvalue weighted by Gasteiger charge is -2.29. The number of hydrogen-bond donors (Lipinski definition) is 0. The van der Waals surface area contributed by atoms with Crippen LogP contribution in [0.5, 0.6) is 0 Å². The van der Waals surface area contributed by atoms with Crippen LogP contribution in [0.2, 0.25) is 0 Å². The summed E-state index contributed by atoms with van der Waals surface area (Å²) in [5.41, 5.74) is 1.53. The number of nitriles is 1. The first-order valence-electron chi connectivity index (χ1n) is 10.1. The number of hydrogen-bond acceptors (Lipinski definition) is 4. The number of rotatable bonds is 6. The first-order valence-corrected chi connectivity index (χ1v) is 10.1. The Morgan fingerprint density at radius 1 is 1.18 bits per heavy atom. The van der Waals surface area contributed by atoms with Crippen molar-refractivity contribution in [1.29, 1.82) is 5.26 Å². The molecule has 6 nitrogen and oxygen atoms in total. The zero-order valence-electron chi connectivity index (χ0n) is 16.6. The zero-order chi connectivity index (χ0) is 20.3. The molecule has 0 radical (unpaired) electrons. The Hall–Kier alpha value is -2.68. The Labute approximate surface area is 166 Å². The lowest BCUT2D eigenvalue weighted by molar-refractivity contribution is -0.141. The van der Waals surface area contributed by atoms with Gasteiger partial charge in [-0.2, -0.15) is 5.26 Å². The van der Waals surface area contributed by atoms with Crippen LogP contribution < -0.4 is 0 Å². The van der Waals surface area contributed by atoms with E-state index in [4.69, 9.17) is 5.26 Å². The molecule has 1 heterocycles. The van der Waals surface area contributed by atoms with Crippen LogP contribution in [-0.4, -0.2) is 40.6 Å². The molecule has 1 aromatic rings. The third kappa shape index (κ3) is 3.80. The number of imide groups is 1. The number of likely N-dealkylation sites (tertiary alicyclic amines) is 1. The molecular formula is C22H27N3O3. The summed E-state index contributed by atoms with van der Waals surface area (Å²) in [7, 11) is 0. The Morgan fingerprint density at radius 3 is 2.25 bits per heavy atom. The molecule has 3 atom stereocenters. The number of nitrogens with zero attached hydrogens (tertiary/aromatic N) is 3. The third-order valence-corrected chi connectivity index (χ3v) is 6.13. The van der Waals surface area contributed by atoms with E-state index in [0.29, 0.717) is 12.1 Å². The fourth-order valence-corrected chi connectivity index (χ4v) is 4.48. The summed E-state index contributed by atoms with van der Waals surface area (Å²) in [4.78, 5) is 41.0. The number of carbonyl (C=O) groups excluding carboxylic acids is 3. The van der Waals surface area contributed by atoms with Gasteiger partial charge in [0.25, 0.3) is 0 Å².